The third-order valence-corrected chi connectivity index (χ3v) is 5.08. The van der Waals surface area contributed by atoms with E-state index >= 15 is 0 Å². The van der Waals surface area contributed by atoms with Crippen LogP contribution in [0.1, 0.15) is 26.4 Å². The summed E-state index contributed by atoms with van der Waals surface area (Å²) in [6, 6.07) is 4.10. The van der Waals surface area contributed by atoms with Gasteiger partial charge >= 0.3 is 11.9 Å². The van der Waals surface area contributed by atoms with Gasteiger partial charge in [-0.2, -0.15) is 0 Å². The van der Waals surface area contributed by atoms with Gasteiger partial charge in [-0.15, -0.1) is 11.3 Å². The Bertz CT molecular complexity index is 908. The van der Waals surface area contributed by atoms with Gasteiger partial charge in [-0.05, 0) is 37.1 Å². The minimum Gasteiger partial charge on any atom is -0.494 e. The Labute approximate surface area is 165 Å². The molecule has 1 amide bonds. The van der Waals surface area contributed by atoms with E-state index in [9.17, 15) is 18.8 Å². The SMILES string of the molecule is COC(=O)c1c(NC(=O)COC(=O)Cc2ccc(OC)c(F)c2)sc(C)c1C. The van der Waals surface area contributed by atoms with Crippen molar-refractivity contribution in [2.75, 3.05) is 26.1 Å². The molecule has 0 aliphatic carbocycles. The van der Waals surface area contributed by atoms with E-state index < -0.39 is 30.3 Å². The molecular formula is C19H20FNO6S. The van der Waals surface area contributed by atoms with Gasteiger partial charge in [0.2, 0.25) is 0 Å². The zero-order chi connectivity index (χ0) is 20.8. The second-order valence-electron chi connectivity index (χ2n) is 5.83. The van der Waals surface area contributed by atoms with Gasteiger partial charge in [-0.1, -0.05) is 6.07 Å². The van der Waals surface area contributed by atoms with Crippen LogP contribution in [0, 0.1) is 19.7 Å². The fourth-order valence-corrected chi connectivity index (χ4v) is 3.47. The number of hydrogen-bond acceptors (Lipinski definition) is 7. The third-order valence-electron chi connectivity index (χ3n) is 3.96. The number of hydrogen-bond donors (Lipinski definition) is 1. The van der Waals surface area contributed by atoms with Gasteiger partial charge in [0.15, 0.2) is 18.2 Å². The van der Waals surface area contributed by atoms with Gasteiger partial charge in [0.1, 0.15) is 5.00 Å². The first-order valence-electron chi connectivity index (χ1n) is 8.23. The smallest absolute Gasteiger partial charge is 0.341 e. The molecule has 1 aromatic heterocycles. The summed E-state index contributed by atoms with van der Waals surface area (Å²) >= 11 is 1.23. The predicted octanol–water partition coefficient (Wildman–Crippen LogP) is 3.02. The second kappa shape index (κ2) is 9.32. The van der Waals surface area contributed by atoms with Crippen LogP contribution in [0.5, 0.6) is 5.75 Å². The van der Waals surface area contributed by atoms with Crippen molar-refractivity contribution in [2.45, 2.75) is 20.3 Å². The Morgan fingerprint density at radius 1 is 1.18 bits per heavy atom. The molecule has 0 aliphatic rings. The molecule has 0 bridgehead atoms. The van der Waals surface area contributed by atoms with E-state index in [1.807, 2.05) is 6.92 Å². The first-order chi connectivity index (χ1) is 13.3. The average Bonchev–Trinajstić information content (AvgIpc) is 2.93. The summed E-state index contributed by atoms with van der Waals surface area (Å²) in [5, 5.41) is 2.89. The number of esters is 2. The first kappa shape index (κ1) is 21.4. The lowest BCUT2D eigenvalue weighted by Crippen LogP contribution is -2.22. The average molecular weight is 409 g/mol. The van der Waals surface area contributed by atoms with Gasteiger partial charge in [0.05, 0.1) is 26.2 Å². The van der Waals surface area contributed by atoms with Crippen molar-refractivity contribution in [3.8, 4) is 5.75 Å². The van der Waals surface area contributed by atoms with Crippen molar-refractivity contribution >= 4 is 34.2 Å². The Morgan fingerprint density at radius 3 is 2.50 bits per heavy atom. The van der Waals surface area contributed by atoms with Crippen LogP contribution in [0.15, 0.2) is 18.2 Å². The lowest BCUT2D eigenvalue weighted by molar-refractivity contribution is -0.146. The zero-order valence-corrected chi connectivity index (χ0v) is 16.7. The number of benzene rings is 1. The van der Waals surface area contributed by atoms with Crippen molar-refractivity contribution in [2.24, 2.45) is 0 Å². The minimum atomic E-state index is -0.688. The topological polar surface area (TPSA) is 90.9 Å². The summed E-state index contributed by atoms with van der Waals surface area (Å²) in [6.07, 6.45) is -0.196. The normalized spacial score (nSPS) is 10.3. The number of methoxy groups -OCH3 is 2. The first-order valence-corrected chi connectivity index (χ1v) is 9.04. The van der Waals surface area contributed by atoms with Gasteiger partial charge in [-0.25, -0.2) is 9.18 Å². The zero-order valence-electron chi connectivity index (χ0n) is 15.9. The molecular weight excluding hydrogens is 389 g/mol. The molecule has 0 atom stereocenters. The Hall–Kier alpha value is -2.94. The summed E-state index contributed by atoms with van der Waals surface area (Å²) in [5.41, 5.74) is 1.38. The number of carbonyl (C=O) groups is 3. The van der Waals surface area contributed by atoms with E-state index in [4.69, 9.17) is 14.2 Å². The number of amides is 1. The standard InChI is InChI=1S/C19H20FNO6S/c1-10-11(2)28-18(17(10)19(24)26-4)21-15(22)9-27-16(23)8-12-5-6-14(25-3)13(20)7-12/h5-7H,8-9H2,1-4H3,(H,21,22). The predicted molar refractivity (Wildman–Crippen MR) is 101 cm³/mol. The van der Waals surface area contributed by atoms with Crippen LogP contribution in [0.2, 0.25) is 0 Å². The molecule has 0 spiro atoms. The number of aryl methyl sites for hydroxylation is 1. The summed E-state index contributed by atoms with van der Waals surface area (Å²) < 4.78 is 28.1. The van der Waals surface area contributed by atoms with E-state index in [-0.39, 0.29) is 17.7 Å². The molecule has 0 saturated carbocycles. The highest BCUT2D eigenvalue weighted by Gasteiger charge is 2.22. The van der Waals surface area contributed by atoms with Gasteiger partial charge in [-0.3, -0.25) is 9.59 Å². The van der Waals surface area contributed by atoms with E-state index in [0.717, 1.165) is 4.88 Å². The van der Waals surface area contributed by atoms with E-state index in [2.05, 4.69) is 5.32 Å². The summed E-state index contributed by atoms with van der Waals surface area (Å²) in [7, 11) is 2.59. The van der Waals surface area contributed by atoms with Crippen LogP contribution in [0.25, 0.3) is 0 Å². The molecule has 9 heteroatoms. The quantitative estimate of drug-likeness (QED) is 0.707. The summed E-state index contributed by atoms with van der Waals surface area (Å²) in [6.45, 7) is 3.03. The maximum atomic E-state index is 13.6. The Morgan fingerprint density at radius 2 is 1.89 bits per heavy atom. The van der Waals surface area contributed by atoms with Gasteiger partial charge in [0, 0.05) is 4.88 Å². The van der Waals surface area contributed by atoms with Crippen LogP contribution in [-0.4, -0.2) is 38.7 Å². The molecule has 1 aromatic carbocycles. The number of nitrogens with one attached hydrogen (secondary N) is 1. The van der Waals surface area contributed by atoms with E-state index in [1.165, 1.54) is 43.8 Å². The number of thiophene rings is 1. The number of anilines is 1. The largest absolute Gasteiger partial charge is 0.494 e. The van der Waals surface area contributed by atoms with Crippen LogP contribution in [0.4, 0.5) is 9.39 Å². The highest BCUT2D eigenvalue weighted by atomic mass is 32.1. The molecule has 0 fully saturated rings. The van der Waals surface area contributed by atoms with E-state index in [0.29, 0.717) is 16.1 Å². The molecule has 0 saturated heterocycles. The monoisotopic (exact) mass is 409 g/mol. The molecule has 0 aliphatic heterocycles. The van der Waals surface area contributed by atoms with Crippen molar-refractivity contribution in [3.63, 3.8) is 0 Å². The third kappa shape index (κ3) is 5.07. The van der Waals surface area contributed by atoms with E-state index in [1.54, 1.807) is 6.92 Å². The van der Waals surface area contributed by atoms with Crippen molar-refractivity contribution < 1.29 is 33.0 Å². The maximum absolute atomic E-state index is 13.6. The lowest BCUT2D eigenvalue weighted by atomic mass is 10.1. The Balaban J connectivity index is 1.94. The number of halogens is 1. The van der Waals surface area contributed by atoms with Crippen LogP contribution >= 0.6 is 11.3 Å². The number of carbonyl (C=O) groups excluding carboxylic acids is 3. The molecule has 2 rings (SSSR count). The Kier molecular flexibility index (Phi) is 7.11. The van der Waals surface area contributed by atoms with Crippen LogP contribution in [-0.2, 0) is 25.5 Å². The molecule has 1 heterocycles. The van der Waals surface area contributed by atoms with Crippen molar-refractivity contribution in [1.82, 2.24) is 0 Å². The summed E-state index contributed by atoms with van der Waals surface area (Å²) in [4.78, 5) is 36.7. The van der Waals surface area contributed by atoms with Crippen LogP contribution in [0.3, 0.4) is 0 Å². The second-order valence-corrected chi connectivity index (χ2v) is 7.06. The highest BCUT2D eigenvalue weighted by Crippen LogP contribution is 2.32. The fraction of sp³-hybridized carbons (Fsp3) is 0.316. The van der Waals surface area contributed by atoms with Crippen LogP contribution < -0.4 is 10.1 Å². The summed E-state index contributed by atoms with van der Waals surface area (Å²) in [5.74, 6) is -2.37. The fourth-order valence-electron chi connectivity index (χ4n) is 2.41. The van der Waals surface area contributed by atoms with Gasteiger partial charge in [0.25, 0.3) is 5.91 Å². The lowest BCUT2D eigenvalue weighted by Gasteiger charge is -2.08. The molecule has 2 aromatic rings. The number of ether oxygens (including phenoxy) is 3. The molecule has 28 heavy (non-hydrogen) atoms. The van der Waals surface area contributed by atoms with Crippen molar-refractivity contribution in [3.05, 3.63) is 45.6 Å². The molecule has 0 radical (unpaired) electrons. The van der Waals surface area contributed by atoms with Crippen molar-refractivity contribution in [1.29, 1.82) is 0 Å². The highest BCUT2D eigenvalue weighted by molar-refractivity contribution is 7.16. The number of rotatable bonds is 7. The maximum Gasteiger partial charge on any atom is 0.341 e. The molecule has 1 N–H and O–H groups in total. The molecule has 150 valence electrons. The minimum absolute atomic E-state index is 0.0689. The molecule has 7 nitrogen and oxygen atoms in total. The molecule has 0 unspecified atom stereocenters. The van der Waals surface area contributed by atoms with Gasteiger partial charge < -0.3 is 19.5 Å².